The number of phenolic OH excluding ortho intramolecular Hbond substituents is 1. The van der Waals surface area contributed by atoms with E-state index in [-0.39, 0.29) is 17.3 Å². The highest BCUT2D eigenvalue weighted by atomic mass is 16.6. The highest BCUT2D eigenvalue weighted by Crippen LogP contribution is 2.28. The normalized spacial score (nSPS) is 16.7. The van der Waals surface area contributed by atoms with Crippen LogP contribution < -0.4 is 5.32 Å². The van der Waals surface area contributed by atoms with Crippen molar-refractivity contribution < 1.29 is 20.0 Å². The first-order valence-electron chi connectivity index (χ1n) is 7.79. The maximum absolute atomic E-state index is 12.1. The Morgan fingerprint density at radius 2 is 1.90 bits per heavy atom. The maximum atomic E-state index is 12.1. The lowest BCUT2D eigenvalue weighted by molar-refractivity contribution is -0.665. The van der Waals surface area contributed by atoms with Gasteiger partial charge in [-0.2, -0.15) is 0 Å². The van der Waals surface area contributed by atoms with Gasteiger partial charge in [-0.15, -0.1) is 0 Å². The molecule has 4 nitrogen and oxygen atoms in total. The third-order valence-electron chi connectivity index (χ3n) is 4.35. The lowest BCUT2D eigenvalue weighted by atomic mass is 9.83. The molecule has 3 N–H and O–H groups in total. The topological polar surface area (TPSA) is 63.1 Å². The van der Waals surface area contributed by atoms with Crippen molar-refractivity contribution in [2.75, 3.05) is 13.1 Å². The molecule has 1 aromatic carbocycles. The molecule has 0 radical (unpaired) electrons. The van der Waals surface area contributed by atoms with Gasteiger partial charge in [-0.05, 0) is 38.0 Å². The molecule has 116 valence electrons. The molecule has 1 aliphatic rings. The van der Waals surface area contributed by atoms with Crippen molar-refractivity contribution in [1.82, 2.24) is 0 Å². The molecule has 0 amide bonds. The second kappa shape index (κ2) is 6.94. The van der Waals surface area contributed by atoms with Gasteiger partial charge in [0, 0.05) is 25.2 Å². The van der Waals surface area contributed by atoms with Gasteiger partial charge in [0.25, 0.3) is 0 Å². The zero-order chi connectivity index (χ0) is 15.3. The number of aryl methyl sites for hydroxylation is 1. The van der Waals surface area contributed by atoms with E-state index in [0.717, 1.165) is 31.5 Å². The molecule has 1 heterocycles. The predicted octanol–water partition coefficient (Wildman–Crippen LogP) is 1.62. The number of esters is 1. The van der Waals surface area contributed by atoms with Crippen LogP contribution in [0, 0.1) is 5.92 Å². The number of aromatic hydroxyl groups is 1. The highest BCUT2D eigenvalue weighted by Gasteiger charge is 2.35. The van der Waals surface area contributed by atoms with Gasteiger partial charge in [-0.25, -0.2) is 0 Å². The van der Waals surface area contributed by atoms with E-state index in [2.05, 4.69) is 5.32 Å². The molecule has 0 saturated carbocycles. The largest absolute Gasteiger partial charge is 0.508 e. The number of carbonyl (C=O) groups excluding carboxylic acids is 1. The molecule has 2 rings (SSSR count). The van der Waals surface area contributed by atoms with E-state index in [9.17, 15) is 9.90 Å². The minimum atomic E-state index is -0.375. The Bertz CT molecular complexity index is 461. The Balaban J connectivity index is 1.81. The molecule has 0 spiro atoms. The lowest BCUT2D eigenvalue weighted by Gasteiger charge is -2.35. The van der Waals surface area contributed by atoms with Gasteiger partial charge in [-0.3, -0.25) is 4.79 Å². The predicted molar refractivity (Wildman–Crippen MR) is 81.0 cm³/mol. The molecular weight excluding hydrogens is 266 g/mol. The Hall–Kier alpha value is -1.55. The summed E-state index contributed by atoms with van der Waals surface area (Å²) in [6, 6.07) is 6.96. The summed E-state index contributed by atoms with van der Waals surface area (Å²) in [6.07, 6.45) is 3.25. The van der Waals surface area contributed by atoms with E-state index in [4.69, 9.17) is 4.74 Å². The summed E-state index contributed by atoms with van der Waals surface area (Å²) < 4.78 is 5.72. The maximum Gasteiger partial charge on any atom is 0.306 e. The number of benzene rings is 1. The van der Waals surface area contributed by atoms with E-state index in [0.29, 0.717) is 18.8 Å². The van der Waals surface area contributed by atoms with Gasteiger partial charge >= 0.3 is 5.97 Å². The number of ether oxygens (including phenoxy) is 1. The Morgan fingerprint density at radius 1 is 1.29 bits per heavy atom. The van der Waals surface area contributed by atoms with Crippen LogP contribution in [0.4, 0.5) is 0 Å². The van der Waals surface area contributed by atoms with Crippen molar-refractivity contribution in [3.8, 4) is 5.75 Å². The number of hydrogen-bond acceptors (Lipinski definition) is 3. The highest BCUT2D eigenvalue weighted by molar-refractivity contribution is 5.70. The average molecular weight is 292 g/mol. The van der Waals surface area contributed by atoms with Crippen LogP contribution >= 0.6 is 0 Å². The van der Waals surface area contributed by atoms with Crippen LogP contribution in [0.2, 0.25) is 0 Å². The van der Waals surface area contributed by atoms with Crippen LogP contribution in [-0.4, -0.2) is 29.8 Å². The molecule has 1 saturated heterocycles. The first-order chi connectivity index (χ1) is 9.97. The number of hydrogen-bond donors (Lipinski definition) is 2. The summed E-state index contributed by atoms with van der Waals surface area (Å²) in [5.41, 5.74) is 0.662. The fraction of sp³-hybridized carbons (Fsp3) is 0.588. The lowest BCUT2D eigenvalue weighted by Crippen LogP contribution is -2.86. The molecule has 1 fully saturated rings. The number of phenols is 1. The SMILES string of the molecule is CC(C)(OC(=O)CCc1ccc(O)cc1)C1CC[NH2+]CC1. The molecule has 0 atom stereocenters. The summed E-state index contributed by atoms with van der Waals surface area (Å²) >= 11 is 0. The van der Waals surface area contributed by atoms with Crippen molar-refractivity contribution in [3.63, 3.8) is 0 Å². The van der Waals surface area contributed by atoms with Crippen LogP contribution in [-0.2, 0) is 16.0 Å². The number of nitrogens with two attached hydrogens (primary N) is 1. The van der Waals surface area contributed by atoms with Crippen LogP contribution in [0.1, 0.15) is 38.7 Å². The molecule has 4 heteroatoms. The molecule has 0 bridgehead atoms. The van der Waals surface area contributed by atoms with E-state index in [1.54, 1.807) is 12.1 Å². The van der Waals surface area contributed by atoms with Crippen LogP contribution in [0.5, 0.6) is 5.75 Å². The number of quaternary nitrogens is 1. The van der Waals surface area contributed by atoms with Crippen LogP contribution in [0.25, 0.3) is 0 Å². The summed E-state index contributed by atoms with van der Waals surface area (Å²) in [6.45, 7) is 6.31. The number of piperidine rings is 1. The quantitative estimate of drug-likeness (QED) is 0.811. The zero-order valence-corrected chi connectivity index (χ0v) is 13.0. The smallest absolute Gasteiger partial charge is 0.306 e. The molecule has 0 aromatic heterocycles. The van der Waals surface area contributed by atoms with Gasteiger partial charge in [0.1, 0.15) is 11.4 Å². The van der Waals surface area contributed by atoms with Crippen molar-refractivity contribution in [2.24, 2.45) is 5.92 Å². The summed E-state index contributed by atoms with van der Waals surface area (Å²) in [4.78, 5) is 12.1. The van der Waals surface area contributed by atoms with Gasteiger partial charge < -0.3 is 15.2 Å². The molecule has 0 unspecified atom stereocenters. The Labute approximate surface area is 126 Å². The average Bonchev–Trinajstić information content (AvgIpc) is 2.47. The van der Waals surface area contributed by atoms with Crippen molar-refractivity contribution in [1.29, 1.82) is 0 Å². The third kappa shape index (κ3) is 4.74. The summed E-state index contributed by atoms with van der Waals surface area (Å²) in [7, 11) is 0. The summed E-state index contributed by atoms with van der Waals surface area (Å²) in [5, 5.41) is 11.6. The van der Waals surface area contributed by atoms with Crippen LogP contribution in [0.3, 0.4) is 0 Å². The van der Waals surface area contributed by atoms with Crippen molar-refractivity contribution in [2.45, 2.75) is 45.1 Å². The Kier molecular flexibility index (Phi) is 5.23. The van der Waals surface area contributed by atoms with Crippen LogP contribution in [0.15, 0.2) is 24.3 Å². The second-order valence-corrected chi connectivity index (χ2v) is 6.38. The van der Waals surface area contributed by atoms with Gasteiger partial charge in [0.05, 0.1) is 13.1 Å². The first kappa shape index (κ1) is 15.8. The second-order valence-electron chi connectivity index (χ2n) is 6.38. The monoisotopic (exact) mass is 292 g/mol. The number of rotatable bonds is 5. The van der Waals surface area contributed by atoms with E-state index < -0.39 is 0 Å². The first-order valence-corrected chi connectivity index (χ1v) is 7.79. The minimum Gasteiger partial charge on any atom is -0.508 e. The molecule has 0 aliphatic carbocycles. The zero-order valence-electron chi connectivity index (χ0n) is 13.0. The van der Waals surface area contributed by atoms with E-state index >= 15 is 0 Å². The fourth-order valence-corrected chi connectivity index (χ4v) is 2.96. The van der Waals surface area contributed by atoms with Crippen molar-refractivity contribution >= 4 is 5.97 Å². The minimum absolute atomic E-state index is 0.136. The molecule has 21 heavy (non-hydrogen) atoms. The Morgan fingerprint density at radius 3 is 2.52 bits per heavy atom. The summed E-state index contributed by atoms with van der Waals surface area (Å²) in [5.74, 6) is 0.569. The fourth-order valence-electron chi connectivity index (χ4n) is 2.96. The standard InChI is InChI=1S/C17H25NO3/c1-17(2,14-9-11-18-12-10-14)21-16(20)8-5-13-3-6-15(19)7-4-13/h3-4,6-7,14,18-19H,5,8-12H2,1-2H3/p+1. The van der Waals surface area contributed by atoms with Gasteiger partial charge in [-0.1, -0.05) is 12.1 Å². The van der Waals surface area contributed by atoms with Crippen molar-refractivity contribution in [3.05, 3.63) is 29.8 Å². The third-order valence-corrected chi connectivity index (χ3v) is 4.35. The van der Waals surface area contributed by atoms with E-state index in [1.807, 2.05) is 26.0 Å². The van der Waals surface area contributed by atoms with Gasteiger partial charge in [0.15, 0.2) is 0 Å². The molecule has 1 aromatic rings. The van der Waals surface area contributed by atoms with Gasteiger partial charge in [0.2, 0.25) is 0 Å². The molecular formula is C17H26NO3+. The molecule has 1 aliphatic heterocycles. The number of carbonyl (C=O) groups is 1. The van der Waals surface area contributed by atoms with E-state index in [1.165, 1.54) is 0 Å².